The third kappa shape index (κ3) is 2.18. The number of aliphatic hydroxyl groups is 2. The summed E-state index contributed by atoms with van der Waals surface area (Å²) in [7, 11) is 0. The van der Waals surface area contributed by atoms with Crippen molar-refractivity contribution < 1.29 is 28.1 Å². The van der Waals surface area contributed by atoms with Gasteiger partial charge in [0.15, 0.2) is 17.9 Å². The molecule has 2 heterocycles. The van der Waals surface area contributed by atoms with Gasteiger partial charge in [-0.15, -0.1) is 0 Å². The lowest BCUT2D eigenvalue weighted by Crippen LogP contribution is -2.45. The first-order valence-corrected chi connectivity index (χ1v) is 5.99. The van der Waals surface area contributed by atoms with Crippen molar-refractivity contribution in [1.82, 2.24) is 9.55 Å². The lowest BCUT2D eigenvalue weighted by molar-refractivity contribution is -0.0727. The highest BCUT2D eigenvalue weighted by Gasteiger charge is 2.58. The van der Waals surface area contributed by atoms with Gasteiger partial charge in [0.2, 0.25) is 10.4 Å². The van der Waals surface area contributed by atoms with Gasteiger partial charge in [0, 0.05) is 6.20 Å². The average molecular weight is 311 g/mol. The first kappa shape index (κ1) is 15.2. The van der Waals surface area contributed by atoms with Crippen LogP contribution >= 0.6 is 12.2 Å². The van der Waals surface area contributed by atoms with Crippen LogP contribution in [0.5, 0.6) is 0 Å². The summed E-state index contributed by atoms with van der Waals surface area (Å²) in [6.07, 6.45) is -4.32. The Morgan fingerprint density at radius 1 is 1.60 bits per heavy atom. The maximum Gasteiger partial charge on any atom is 0.212 e. The van der Waals surface area contributed by atoms with Crippen LogP contribution in [0.4, 0.5) is 19.0 Å². The number of hydrogen-bond donors (Lipinski definition) is 3. The van der Waals surface area contributed by atoms with Gasteiger partial charge in [0.25, 0.3) is 0 Å². The molecule has 112 valence electrons. The summed E-state index contributed by atoms with van der Waals surface area (Å²) >= 11 is 4.79. The highest BCUT2D eigenvalue weighted by Crippen LogP contribution is 2.42. The molecule has 1 unspecified atom stereocenters. The predicted molar refractivity (Wildman–Crippen MR) is 64.2 cm³/mol. The minimum Gasteiger partial charge on any atom is -0.394 e. The number of hydrogen-bond acceptors (Lipinski definition) is 6. The molecule has 1 fully saturated rings. The third-order valence-electron chi connectivity index (χ3n) is 3.13. The zero-order valence-corrected chi connectivity index (χ0v) is 10.9. The molecule has 20 heavy (non-hydrogen) atoms. The van der Waals surface area contributed by atoms with Crippen molar-refractivity contribution in [3.63, 3.8) is 0 Å². The minimum absolute atomic E-state index is 0.338. The molecule has 0 amide bonds. The predicted octanol–water partition coefficient (Wildman–Crippen LogP) is 0.262. The van der Waals surface area contributed by atoms with Gasteiger partial charge in [-0.05, 0) is 12.2 Å². The SMILES string of the molecule is Nc1nc(=S)n([C@@H]2O[C@H](CO)C(O)[C@]2(F)CF)cc1F. The van der Waals surface area contributed by atoms with E-state index in [1.807, 2.05) is 0 Å². The smallest absolute Gasteiger partial charge is 0.212 e. The van der Waals surface area contributed by atoms with Crippen molar-refractivity contribution >= 4 is 18.0 Å². The molecule has 0 bridgehead atoms. The highest BCUT2D eigenvalue weighted by molar-refractivity contribution is 7.71. The van der Waals surface area contributed by atoms with E-state index in [0.29, 0.717) is 6.20 Å². The van der Waals surface area contributed by atoms with E-state index in [-0.39, 0.29) is 4.77 Å². The largest absolute Gasteiger partial charge is 0.394 e. The normalized spacial score (nSPS) is 33.5. The number of nitrogens with zero attached hydrogens (tertiary/aromatic N) is 2. The van der Waals surface area contributed by atoms with E-state index in [9.17, 15) is 18.3 Å². The number of alkyl halides is 2. The van der Waals surface area contributed by atoms with Crippen LogP contribution in [-0.2, 0) is 4.74 Å². The van der Waals surface area contributed by atoms with Gasteiger partial charge >= 0.3 is 0 Å². The molecule has 4 N–H and O–H groups in total. The second-order valence-electron chi connectivity index (χ2n) is 4.38. The van der Waals surface area contributed by atoms with E-state index in [1.54, 1.807) is 0 Å². The molecule has 0 radical (unpaired) electrons. The Morgan fingerprint density at radius 3 is 2.80 bits per heavy atom. The van der Waals surface area contributed by atoms with Crippen molar-refractivity contribution in [2.45, 2.75) is 24.1 Å². The van der Waals surface area contributed by atoms with Gasteiger partial charge in [-0.3, -0.25) is 4.57 Å². The molecule has 1 aromatic heterocycles. The minimum atomic E-state index is -2.88. The Balaban J connectivity index is 2.51. The lowest BCUT2D eigenvalue weighted by atomic mass is 9.97. The number of aliphatic hydroxyl groups excluding tert-OH is 2. The molecule has 1 aliphatic heterocycles. The molecule has 2 rings (SSSR count). The summed E-state index contributed by atoms with van der Waals surface area (Å²) in [6.45, 7) is -2.34. The zero-order valence-electron chi connectivity index (χ0n) is 10.0. The van der Waals surface area contributed by atoms with Gasteiger partial charge in [-0.2, -0.15) is 4.98 Å². The zero-order chi connectivity index (χ0) is 15.1. The monoisotopic (exact) mass is 311 g/mol. The highest BCUT2D eigenvalue weighted by atomic mass is 32.1. The van der Waals surface area contributed by atoms with Crippen LogP contribution in [-0.4, -0.2) is 50.9 Å². The molecular weight excluding hydrogens is 299 g/mol. The number of ether oxygens (including phenoxy) is 1. The van der Waals surface area contributed by atoms with E-state index in [2.05, 4.69) is 4.98 Å². The van der Waals surface area contributed by atoms with Crippen molar-refractivity contribution in [2.24, 2.45) is 0 Å². The van der Waals surface area contributed by atoms with Crippen LogP contribution in [0.25, 0.3) is 0 Å². The number of nitrogens with two attached hydrogens (primary N) is 1. The molecule has 0 saturated carbocycles. The quantitative estimate of drug-likeness (QED) is 0.694. The Hall–Kier alpha value is -1.23. The molecule has 0 aliphatic carbocycles. The van der Waals surface area contributed by atoms with Gasteiger partial charge in [0.05, 0.1) is 6.61 Å². The Bertz CT molecular complexity index is 572. The Morgan fingerprint density at radius 2 is 2.25 bits per heavy atom. The molecular formula is C10H12F3N3O3S. The van der Waals surface area contributed by atoms with Crippen LogP contribution in [0.3, 0.4) is 0 Å². The van der Waals surface area contributed by atoms with Crippen LogP contribution in [0.1, 0.15) is 6.23 Å². The van der Waals surface area contributed by atoms with E-state index in [0.717, 1.165) is 4.57 Å². The molecule has 1 saturated heterocycles. The van der Waals surface area contributed by atoms with Crippen LogP contribution < -0.4 is 5.73 Å². The number of aromatic nitrogens is 2. The van der Waals surface area contributed by atoms with Gasteiger partial charge in [0.1, 0.15) is 18.9 Å². The van der Waals surface area contributed by atoms with Crippen molar-refractivity contribution in [1.29, 1.82) is 0 Å². The second kappa shape index (κ2) is 5.28. The molecule has 1 aromatic rings. The third-order valence-corrected chi connectivity index (χ3v) is 3.43. The summed E-state index contributed by atoms with van der Waals surface area (Å²) in [5, 5.41) is 18.6. The maximum atomic E-state index is 14.5. The molecule has 4 atom stereocenters. The van der Waals surface area contributed by atoms with Crippen LogP contribution in [0.2, 0.25) is 0 Å². The van der Waals surface area contributed by atoms with Gasteiger partial charge in [-0.25, -0.2) is 13.2 Å². The Labute approximate surface area is 116 Å². The molecule has 6 nitrogen and oxygen atoms in total. The summed E-state index contributed by atoms with van der Waals surface area (Å²) in [5.74, 6) is -1.49. The maximum absolute atomic E-state index is 14.5. The lowest BCUT2D eigenvalue weighted by Gasteiger charge is -2.26. The summed E-state index contributed by atoms with van der Waals surface area (Å²) in [6, 6.07) is 0. The van der Waals surface area contributed by atoms with Crippen molar-refractivity contribution in [2.75, 3.05) is 19.0 Å². The molecule has 10 heteroatoms. The standard InChI is InChI=1S/C10H12F3N3O3S/c11-3-10(13)6(18)5(2-17)19-8(10)16-1-4(12)7(14)15-9(16)20/h1,5-6,8,17-18H,2-3H2,(H2,14,15,20)/t5-,6?,8-,10-/m1/s1. The van der Waals surface area contributed by atoms with E-state index >= 15 is 0 Å². The summed E-state index contributed by atoms with van der Waals surface area (Å²) in [5.41, 5.74) is 2.33. The van der Waals surface area contributed by atoms with E-state index < -0.39 is 49.0 Å². The van der Waals surface area contributed by atoms with Crippen molar-refractivity contribution in [3.8, 4) is 0 Å². The molecule has 0 aromatic carbocycles. The number of anilines is 1. The Kier molecular flexibility index (Phi) is 4.00. The fourth-order valence-corrected chi connectivity index (χ4v) is 2.27. The first-order chi connectivity index (χ1) is 9.35. The number of rotatable bonds is 3. The molecule has 0 spiro atoms. The molecule has 1 aliphatic rings. The van der Waals surface area contributed by atoms with Gasteiger partial charge in [-0.1, -0.05) is 0 Å². The van der Waals surface area contributed by atoms with E-state index in [1.165, 1.54) is 0 Å². The summed E-state index contributed by atoms with van der Waals surface area (Å²) < 4.78 is 46.3. The average Bonchev–Trinajstić information content (AvgIpc) is 2.67. The van der Waals surface area contributed by atoms with Crippen LogP contribution in [0.15, 0.2) is 6.20 Å². The fraction of sp³-hybridized carbons (Fsp3) is 0.600. The topological polar surface area (TPSA) is 93.5 Å². The first-order valence-electron chi connectivity index (χ1n) is 5.58. The number of nitrogen functional groups attached to an aromatic ring is 1. The fourth-order valence-electron chi connectivity index (χ4n) is 2.02. The van der Waals surface area contributed by atoms with Crippen LogP contribution in [0, 0.1) is 10.6 Å². The van der Waals surface area contributed by atoms with Crippen molar-refractivity contribution in [3.05, 3.63) is 16.8 Å². The number of halogens is 3. The summed E-state index contributed by atoms with van der Waals surface area (Å²) in [4.78, 5) is 3.46. The van der Waals surface area contributed by atoms with E-state index in [4.69, 9.17) is 27.8 Å². The van der Waals surface area contributed by atoms with Gasteiger partial charge < -0.3 is 20.7 Å². The second-order valence-corrected chi connectivity index (χ2v) is 4.74.